The molecular weight excluding hydrogens is 1250 g/mol. The van der Waals surface area contributed by atoms with E-state index < -0.39 is 16.1 Å². The summed E-state index contributed by atoms with van der Waals surface area (Å²) in [5.41, 5.74) is 6.77. The zero-order valence-electron chi connectivity index (χ0n) is 56.2. The fourth-order valence-electron chi connectivity index (χ4n) is 12.0. The highest BCUT2D eigenvalue weighted by Gasteiger charge is 2.31. The number of rotatable bonds is 21. The minimum absolute atomic E-state index is 0.186. The van der Waals surface area contributed by atoms with Crippen molar-refractivity contribution in [2.24, 2.45) is 0 Å². The van der Waals surface area contributed by atoms with E-state index in [9.17, 15) is 22.8 Å². The predicted molar refractivity (Wildman–Crippen MR) is 376 cm³/mol. The Hall–Kier alpha value is -8.64. The van der Waals surface area contributed by atoms with Gasteiger partial charge in [-0.3, -0.25) is 0 Å². The SMILES string of the molecule is C[Si](C)(C)CCOCn1c(-c2cccc(F)c2)cnc1C1CCN(C(=O)OCc2ccccc2)CC1.C[Si](C)(C)CCOCn1cc(-c2cccc(F)c2)nc1C1CCN(C(=O)OCc2ccccc2)CC1.Fc1cccc(-c2cnc(C3CCN(c4ccccn4)CC3)[nH]2)c1. The zero-order chi connectivity index (χ0) is 67.4. The maximum Gasteiger partial charge on any atom is 0.410 e. The summed E-state index contributed by atoms with van der Waals surface area (Å²) in [6.07, 6.45) is 12.1. The third kappa shape index (κ3) is 20.7. The normalized spacial score (nSPS) is 14.9. The summed E-state index contributed by atoms with van der Waals surface area (Å²) in [6, 6.07) is 47.3. The minimum atomic E-state index is -1.21. The summed E-state index contributed by atoms with van der Waals surface area (Å²) in [6.45, 7) is 21.1. The number of ether oxygens (including phenoxy) is 4. The van der Waals surface area contributed by atoms with Crippen molar-refractivity contribution in [3.8, 4) is 33.8 Å². The minimum Gasteiger partial charge on any atom is -0.445 e. The third-order valence-electron chi connectivity index (χ3n) is 17.6. The number of hydrogen-bond acceptors (Lipinski definition) is 11. The van der Waals surface area contributed by atoms with Gasteiger partial charge in [0, 0.05) is 115 Å². The van der Waals surface area contributed by atoms with Gasteiger partial charge in [0.2, 0.25) is 0 Å². The first kappa shape index (κ1) is 70.2. The number of hydrogen-bond donors (Lipinski definition) is 1. The van der Waals surface area contributed by atoms with E-state index in [4.69, 9.17) is 28.9 Å². The van der Waals surface area contributed by atoms with E-state index in [-0.39, 0.29) is 54.7 Å². The van der Waals surface area contributed by atoms with Crippen molar-refractivity contribution in [2.75, 3.05) is 57.4 Å². The maximum atomic E-state index is 14.0. The highest BCUT2D eigenvalue weighted by Crippen LogP contribution is 2.35. The number of imidazole rings is 3. The molecule has 0 unspecified atom stereocenters. The smallest absolute Gasteiger partial charge is 0.410 e. The molecule has 3 aliphatic heterocycles. The van der Waals surface area contributed by atoms with Gasteiger partial charge < -0.3 is 47.8 Å². The molecule has 21 heteroatoms. The fourth-order valence-corrected chi connectivity index (χ4v) is 13.5. The van der Waals surface area contributed by atoms with Gasteiger partial charge in [-0.1, -0.05) is 142 Å². The number of carbonyl (C=O) groups is 2. The van der Waals surface area contributed by atoms with Gasteiger partial charge in [-0.2, -0.15) is 0 Å². The number of H-pyrrole nitrogens is 1. The molecule has 0 atom stereocenters. The summed E-state index contributed by atoms with van der Waals surface area (Å²) in [5.74, 6) is 3.89. The first-order valence-electron chi connectivity index (χ1n) is 33.6. The van der Waals surface area contributed by atoms with E-state index in [1.165, 1.54) is 36.4 Å². The average molecular weight is 1340 g/mol. The van der Waals surface area contributed by atoms with Crippen molar-refractivity contribution < 1.29 is 41.7 Å². The summed E-state index contributed by atoms with van der Waals surface area (Å²) in [5, 5.41) is 0. The van der Waals surface area contributed by atoms with E-state index in [2.05, 4.69) is 74.3 Å². The lowest BCUT2D eigenvalue weighted by molar-refractivity contribution is 0.0777. The summed E-state index contributed by atoms with van der Waals surface area (Å²) < 4.78 is 68.5. The Morgan fingerprint density at radius 2 is 1.02 bits per heavy atom. The Labute approximate surface area is 564 Å². The van der Waals surface area contributed by atoms with Crippen LogP contribution in [0.5, 0.6) is 0 Å². The number of nitrogens with zero attached hydrogens (tertiary/aromatic N) is 9. The van der Waals surface area contributed by atoms with E-state index in [1.807, 2.05) is 110 Å². The molecule has 1 N–H and O–H groups in total. The topological polar surface area (TPSA) is 158 Å². The number of nitrogens with one attached hydrogen (secondary N) is 1. The second kappa shape index (κ2) is 33.8. The molecule has 0 radical (unpaired) electrons. The van der Waals surface area contributed by atoms with Gasteiger partial charge in [-0.15, -0.1) is 0 Å². The molecule has 3 aliphatic rings. The van der Waals surface area contributed by atoms with E-state index in [0.717, 1.165) is 132 Å². The monoisotopic (exact) mass is 1340 g/mol. The summed E-state index contributed by atoms with van der Waals surface area (Å²) in [7, 11) is -2.39. The largest absolute Gasteiger partial charge is 0.445 e. The van der Waals surface area contributed by atoms with Gasteiger partial charge >= 0.3 is 12.2 Å². The number of aromatic amines is 1. The molecule has 2 amide bonds. The van der Waals surface area contributed by atoms with E-state index in [0.29, 0.717) is 58.8 Å². The molecule has 9 aromatic rings. The van der Waals surface area contributed by atoms with Gasteiger partial charge in [-0.05, 0) is 110 Å². The molecule has 5 aromatic carbocycles. The van der Waals surface area contributed by atoms with Crippen LogP contribution in [0.2, 0.25) is 51.4 Å². The molecule has 0 aliphatic carbocycles. The Morgan fingerprint density at radius 1 is 0.521 bits per heavy atom. The first-order chi connectivity index (χ1) is 46.4. The lowest BCUT2D eigenvalue weighted by atomic mass is 9.96. The second-order valence-electron chi connectivity index (χ2n) is 27.3. The summed E-state index contributed by atoms with van der Waals surface area (Å²) in [4.78, 5) is 53.0. The number of amides is 2. The van der Waals surface area contributed by atoms with Crippen molar-refractivity contribution in [1.82, 2.24) is 43.9 Å². The van der Waals surface area contributed by atoms with Crippen LogP contribution >= 0.6 is 0 Å². The molecule has 16 nitrogen and oxygen atoms in total. The van der Waals surface area contributed by atoms with Gasteiger partial charge in [0.05, 0.1) is 29.5 Å². The van der Waals surface area contributed by atoms with Crippen molar-refractivity contribution >= 4 is 34.2 Å². The highest BCUT2D eigenvalue weighted by atomic mass is 28.3. The van der Waals surface area contributed by atoms with Gasteiger partial charge in [0.1, 0.15) is 67.4 Å². The lowest BCUT2D eigenvalue weighted by Gasteiger charge is -2.31. The number of anilines is 1. The standard InChI is InChI=1S/2C28H36FN3O3Si.C19H19FN4/c1-36(2,3)17-16-34-21-32-19-26(24-10-7-11-25(29)18-24)30-27(32)23-12-14-31(15-13-23)28(33)35-20-22-8-5-4-6-9-22;1-36(2,3)17-16-34-21-32-26(24-10-7-11-25(29)18-24)19-30-27(32)23-12-14-31(15-13-23)28(33)35-20-22-8-5-4-6-9-22;20-16-5-3-4-15(12-16)17-13-22-19(23-17)14-7-10-24(11-8-14)18-6-1-2-9-21-18/h2*4-11,18-19,23H,12-17,20-21H2,1-3H3;1-6,9,12-14H,7-8,10-11H2,(H,22,23). The van der Waals surface area contributed by atoms with Crippen molar-refractivity contribution in [1.29, 1.82) is 0 Å². The molecular formula is C75H91F3N10O6Si2. The molecule has 4 aromatic heterocycles. The van der Waals surface area contributed by atoms with Crippen LogP contribution in [0.15, 0.2) is 176 Å². The van der Waals surface area contributed by atoms with Crippen molar-refractivity contribution in [3.05, 3.63) is 222 Å². The van der Waals surface area contributed by atoms with Gasteiger partial charge in [0.25, 0.3) is 0 Å². The Morgan fingerprint density at radius 3 is 1.56 bits per heavy atom. The van der Waals surface area contributed by atoms with Crippen LogP contribution in [-0.2, 0) is 45.6 Å². The van der Waals surface area contributed by atoms with Crippen molar-refractivity contribution in [2.45, 2.75) is 134 Å². The van der Waals surface area contributed by atoms with E-state index in [1.54, 1.807) is 34.2 Å². The average Bonchev–Trinajstić information content (AvgIpc) is 1.69. The van der Waals surface area contributed by atoms with Crippen LogP contribution in [0.25, 0.3) is 33.8 Å². The van der Waals surface area contributed by atoms with Gasteiger partial charge in [-0.25, -0.2) is 42.7 Å². The zero-order valence-corrected chi connectivity index (χ0v) is 58.2. The second-order valence-corrected chi connectivity index (χ2v) is 38.6. The molecule has 3 saturated heterocycles. The number of carbonyl (C=O) groups excluding carboxylic acids is 2. The predicted octanol–water partition coefficient (Wildman–Crippen LogP) is 17.0. The maximum absolute atomic E-state index is 14.0. The number of pyridine rings is 1. The Balaban J connectivity index is 0.000000160. The molecule has 96 heavy (non-hydrogen) atoms. The molecule has 0 bridgehead atoms. The molecule has 7 heterocycles. The molecule has 0 saturated carbocycles. The number of benzene rings is 5. The lowest BCUT2D eigenvalue weighted by Crippen LogP contribution is -2.38. The number of halogens is 3. The molecule has 0 spiro atoms. The van der Waals surface area contributed by atoms with E-state index >= 15 is 0 Å². The first-order valence-corrected chi connectivity index (χ1v) is 41.0. The van der Waals surface area contributed by atoms with Crippen LogP contribution in [0.3, 0.4) is 0 Å². The number of likely N-dealkylation sites (tertiary alicyclic amines) is 2. The number of aromatic nitrogens is 7. The fraction of sp³-hybridized carbons (Fsp3) is 0.387. The van der Waals surface area contributed by atoms with Gasteiger partial charge in [0.15, 0.2) is 0 Å². The van der Waals surface area contributed by atoms with Crippen LogP contribution in [-0.4, -0.2) is 125 Å². The number of piperidine rings is 3. The third-order valence-corrected chi connectivity index (χ3v) is 21.0. The Bertz CT molecular complexity index is 3800. The molecule has 506 valence electrons. The van der Waals surface area contributed by atoms with Crippen LogP contribution in [0.4, 0.5) is 28.6 Å². The Kier molecular flexibility index (Phi) is 24.7. The highest BCUT2D eigenvalue weighted by molar-refractivity contribution is 6.76. The van der Waals surface area contributed by atoms with Crippen molar-refractivity contribution in [3.63, 3.8) is 0 Å². The summed E-state index contributed by atoms with van der Waals surface area (Å²) >= 11 is 0. The molecule has 12 rings (SSSR count). The van der Waals surface area contributed by atoms with Crippen LogP contribution < -0.4 is 4.90 Å². The quantitative estimate of drug-likeness (QED) is 0.0539. The van der Waals surface area contributed by atoms with Crippen LogP contribution in [0.1, 0.15) is 84.9 Å². The molecule has 3 fully saturated rings. The van der Waals surface area contributed by atoms with Crippen LogP contribution in [0, 0.1) is 17.5 Å².